The average Bonchev–Trinajstić information content (AvgIpc) is 2.74. The van der Waals surface area contributed by atoms with Crippen molar-refractivity contribution in [3.05, 3.63) is 95.6 Å². The Morgan fingerprint density at radius 2 is 1.80 bits per heavy atom. The number of aromatic nitrogens is 1. The lowest BCUT2D eigenvalue weighted by Crippen LogP contribution is -2.40. The van der Waals surface area contributed by atoms with Gasteiger partial charge in [0.2, 0.25) is 15.9 Å². The number of pyridine rings is 1. The number of carbonyl (C=O) groups is 1. The third-order valence-electron chi connectivity index (χ3n) is 4.50. The van der Waals surface area contributed by atoms with Gasteiger partial charge in [0.15, 0.2) is 0 Å². The highest BCUT2D eigenvalue weighted by molar-refractivity contribution is 7.89. The number of sulfonamides is 1. The third kappa shape index (κ3) is 5.49. The summed E-state index contributed by atoms with van der Waals surface area (Å²) in [5, 5.41) is 2.68. The van der Waals surface area contributed by atoms with Crippen molar-refractivity contribution in [1.82, 2.24) is 14.6 Å². The predicted molar refractivity (Wildman–Crippen MR) is 111 cm³/mol. The maximum Gasteiger partial charge on any atom is 0.243 e. The molecule has 1 amide bonds. The molecule has 0 aliphatic heterocycles. The summed E-state index contributed by atoms with van der Waals surface area (Å²) in [4.78, 5) is 16.5. The number of rotatable bonds is 8. The van der Waals surface area contributed by atoms with E-state index in [9.17, 15) is 17.6 Å². The molecule has 0 unspecified atom stereocenters. The first kappa shape index (κ1) is 21.6. The normalized spacial score (nSPS) is 11.4. The van der Waals surface area contributed by atoms with Gasteiger partial charge in [0.25, 0.3) is 0 Å². The Morgan fingerprint density at radius 3 is 2.47 bits per heavy atom. The molecular weight excluding hydrogens is 405 g/mol. The first-order valence-corrected chi connectivity index (χ1v) is 10.8. The smallest absolute Gasteiger partial charge is 0.243 e. The lowest BCUT2D eigenvalue weighted by atomic mass is 10.2. The van der Waals surface area contributed by atoms with Crippen molar-refractivity contribution in [2.24, 2.45) is 0 Å². The molecule has 2 aromatic carbocycles. The molecule has 6 nitrogen and oxygen atoms in total. The highest BCUT2D eigenvalue weighted by Crippen LogP contribution is 2.20. The van der Waals surface area contributed by atoms with Gasteiger partial charge in [-0.05, 0) is 36.8 Å². The monoisotopic (exact) mass is 427 g/mol. The standard InChI is InChI=1S/C22H22FN3O3S/c1-17-8-10-20(11-9-17)30(28,29)26(15-19-6-2-3-7-21(19)23)16-22(27)25-14-18-5-4-12-24-13-18/h2-13H,14-16H2,1H3,(H,25,27). The number of benzene rings is 2. The van der Waals surface area contributed by atoms with Crippen LogP contribution in [0.2, 0.25) is 0 Å². The molecule has 1 aromatic heterocycles. The van der Waals surface area contributed by atoms with E-state index in [0.29, 0.717) is 0 Å². The fraction of sp³-hybridized carbons (Fsp3) is 0.182. The second-order valence-corrected chi connectivity index (χ2v) is 8.75. The highest BCUT2D eigenvalue weighted by atomic mass is 32.2. The molecule has 0 saturated carbocycles. The van der Waals surface area contributed by atoms with Crippen molar-refractivity contribution in [2.45, 2.75) is 24.9 Å². The Kier molecular flexibility index (Phi) is 6.91. The van der Waals surface area contributed by atoms with E-state index in [0.717, 1.165) is 15.4 Å². The molecule has 1 heterocycles. The quantitative estimate of drug-likeness (QED) is 0.599. The molecule has 30 heavy (non-hydrogen) atoms. The summed E-state index contributed by atoms with van der Waals surface area (Å²) in [6.45, 7) is 1.36. The van der Waals surface area contributed by atoms with Crippen molar-refractivity contribution in [2.75, 3.05) is 6.54 Å². The largest absolute Gasteiger partial charge is 0.351 e. The Balaban J connectivity index is 1.82. The summed E-state index contributed by atoms with van der Waals surface area (Å²) in [5.74, 6) is -1.02. The van der Waals surface area contributed by atoms with Crippen molar-refractivity contribution < 1.29 is 17.6 Å². The zero-order valence-electron chi connectivity index (χ0n) is 16.5. The number of aryl methyl sites for hydroxylation is 1. The number of hydrogen-bond acceptors (Lipinski definition) is 4. The summed E-state index contributed by atoms with van der Waals surface area (Å²) in [6, 6.07) is 15.8. The van der Waals surface area contributed by atoms with Crippen molar-refractivity contribution in [3.63, 3.8) is 0 Å². The van der Waals surface area contributed by atoms with Gasteiger partial charge in [-0.1, -0.05) is 42.0 Å². The van der Waals surface area contributed by atoms with Gasteiger partial charge in [0.05, 0.1) is 11.4 Å². The summed E-state index contributed by atoms with van der Waals surface area (Å²) < 4.78 is 41.5. The van der Waals surface area contributed by atoms with E-state index < -0.39 is 28.3 Å². The van der Waals surface area contributed by atoms with E-state index in [-0.39, 0.29) is 23.5 Å². The van der Waals surface area contributed by atoms with Crippen LogP contribution in [0.15, 0.2) is 78.0 Å². The number of hydrogen-bond donors (Lipinski definition) is 1. The number of halogens is 1. The molecule has 0 spiro atoms. The molecule has 8 heteroatoms. The fourth-order valence-electron chi connectivity index (χ4n) is 2.82. The van der Waals surface area contributed by atoms with E-state index in [4.69, 9.17) is 0 Å². The van der Waals surface area contributed by atoms with Crippen molar-refractivity contribution in [1.29, 1.82) is 0 Å². The van der Waals surface area contributed by atoms with Crippen LogP contribution in [0.3, 0.4) is 0 Å². The molecule has 0 aliphatic rings. The Hall–Kier alpha value is -3.10. The maximum atomic E-state index is 14.2. The minimum atomic E-state index is -4.02. The zero-order valence-corrected chi connectivity index (χ0v) is 17.3. The molecule has 0 fully saturated rings. The minimum absolute atomic E-state index is 0.0458. The van der Waals surface area contributed by atoms with Crippen LogP contribution < -0.4 is 5.32 Å². The summed E-state index contributed by atoms with van der Waals surface area (Å²) in [5.41, 5.74) is 1.88. The molecule has 156 valence electrons. The number of nitrogens with zero attached hydrogens (tertiary/aromatic N) is 2. The molecule has 0 radical (unpaired) electrons. The zero-order chi connectivity index (χ0) is 21.6. The molecular formula is C22H22FN3O3S. The third-order valence-corrected chi connectivity index (χ3v) is 6.30. The Bertz CT molecular complexity index is 1100. The van der Waals surface area contributed by atoms with Gasteiger partial charge in [0, 0.05) is 31.0 Å². The molecule has 0 bridgehead atoms. The topological polar surface area (TPSA) is 79.4 Å². The van der Waals surface area contributed by atoms with Crippen LogP contribution in [0.25, 0.3) is 0 Å². The maximum absolute atomic E-state index is 14.2. The molecule has 0 atom stereocenters. The molecule has 3 aromatic rings. The molecule has 0 saturated heterocycles. The summed E-state index contributed by atoms with van der Waals surface area (Å²) in [7, 11) is -4.02. The number of nitrogens with one attached hydrogen (secondary N) is 1. The van der Waals surface area contributed by atoms with E-state index in [1.165, 1.54) is 30.3 Å². The van der Waals surface area contributed by atoms with Crippen LogP contribution in [-0.2, 0) is 27.9 Å². The van der Waals surface area contributed by atoms with E-state index >= 15 is 0 Å². The summed E-state index contributed by atoms with van der Waals surface area (Å²) >= 11 is 0. The van der Waals surface area contributed by atoms with Crippen LogP contribution in [0.5, 0.6) is 0 Å². The van der Waals surface area contributed by atoms with Gasteiger partial charge in [-0.15, -0.1) is 0 Å². The van der Waals surface area contributed by atoms with Crippen LogP contribution in [0, 0.1) is 12.7 Å². The average molecular weight is 428 g/mol. The second-order valence-electron chi connectivity index (χ2n) is 6.82. The van der Waals surface area contributed by atoms with Crippen LogP contribution >= 0.6 is 0 Å². The minimum Gasteiger partial charge on any atom is -0.351 e. The van der Waals surface area contributed by atoms with E-state index in [2.05, 4.69) is 10.3 Å². The van der Waals surface area contributed by atoms with E-state index in [1.54, 1.807) is 42.7 Å². The molecule has 1 N–H and O–H groups in total. The molecule has 3 rings (SSSR count). The van der Waals surface area contributed by atoms with Gasteiger partial charge < -0.3 is 5.32 Å². The van der Waals surface area contributed by atoms with Gasteiger partial charge >= 0.3 is 0 Å². The predicted octanol–water partition coefficient (Wildman–Crippen LogP) is 3.04. The SMILES string of the molecule is Cc1ccc(S(=O)(=O)N(CC(=O)NCc2cccnc2)Cc2ccccc2F)cc1. The van der Waals surface area contributed by atoms with Gasteiger partial charge in [0.1, 0.15) is 5.82 Å². The number of amides is 1. The first-order valence-electron chi connectivity index (χ1n) is 9.32. The van der Waals surface area contributed by atoms with Crippen LogP contribution in [-0.4, -0.2) is 30.2 Å². The number of carbonyl (C=O) groups excluding carboxylic acids is 1. The lowest BCUT2D eigenvalue weighted by Gasteiger charge is -2.22. The fourth-order valence-corrected chi connectivity index (χ4v) is 4.20. The summed E-state index contributed by atoms with van der Waals surface area (Å²) in [6.07, 6.45) is 3.23. The lowest BCUT2D eigenvalue weighted by molar-refractivity contribution is -0.121. The highest BCUT2D eigenvalue weighted by Gasteiger charge is 2.27. The van der Waals surface area contributed by atoms with Gasteiger partial charge in [-0.25, -0.2) is 12.8 Å². The second kappa shape index (κ2) is 9.60. The van der Waals surface area contributed by atoms with Gasteiger partial charge in [-0.3, -0.25) is 9.78 Å². The Labute approximate surface area is 175 Å². The van der Waals surface area contributed by atoms with Crippen LogP contribution in [0.1, 0.15) is 16.7 Å². The Morgan fingerprint density at radius 1 is 1.07 bits per heavy atom. The molecule has 0 aliphatic carbocycles. The van der Waals surface area contributed by atoms with E-state index in [1.807, 2.05) is 6.92 Å². The van der Waals surface area contributed by atoms with Gasteiger partial charge in [-0.2, -0.15) is 4.31 Å². The van der Waals surface area contributed by atoms with Crippen molar-refractivity contribution in [3.8, 4) is 0 Å². The van der Waals surface area contributed by atoms with Crippen LogP contribution in [0.4, 0.5) is 4.39 Å². The first-order chi connectivity index (χ1) is 14.4. The van der Waals surface area contributed by atoms with Crippen molar-refractivity contribution >= 4 is 15.9 Å².